The van der Waals surface area contributed by atoms with Gasteiger partial charge in [-0.15, -0.1) is 0 Å². The molecule has 0 bridgehead atoms. The standard InChI is InChI=1S/C48H68N3O15PS/c1-31(2)27-51(68(56,57)38-22-20-35(58-10)21-23-38)28-41(62-44(52)43(32(3)4)50-47(54)64-48(7,8)9)40(49-46(53)63-42-29-60-45-39(42)24-25-59-45)26-34-16-18-36(19-17-34)61-30-67(55,65-33(5)6)66-37-14-12-11-13-15-37/h11-23,31-33,39-43,45H,24-30H2,1-10H3,(H,49,53)(H,50,54)/t39-,40-,41+,42-,43-,45+,67?/m0/s1. The molecule has 3 aromatic carbocycles. The van der Waals surface area contributed by atoms with E-state index in [0.29, 0.717) is 35.8 Å². The van der Waals surface area contributed by atoms with E-state index in [1.54, 1.807) is 103 Å². The molecule has 2 N–H and O–H groups in total. The number of benzene rings is 3. The minimum atomic E-state index is -4.28. The van der Waals surface area contributed by atoms with Crippen LogP contribution in [0, 0.1) is 17.8 Å². The number of alkyl carbamates (subject to hydrolysis) is 2. The van der Waals surface area contributed by atoms with Gasteiger partial charge in [0, 0.05) is 6.54 Å². The topological polar surface area (TPSA) is 213 Å². The zero-order valence-electron chi connectivity index (χ0n) is 40.6. The molecule has 0 saturated carbocycles. The van der Waals surface area contributed by atoms with Crippen LogP contribution in [0.4, 0.5) is 9.59 Å². The van der Waals surface area contributed by atoms with Crippen molar-refractivity contribution < 1.29 is 69.6 Å². The molecule has 2 aliphatic rings. The third-order valence-electron chi connectivity index (χ3n) is 10.6. The molecule has 0 aliphatic carbocycles. The van der Waals surface area contributed by atoms with E-state index in [0.717, 1.165) is 0 Å². The summed E-state index contributed by atoms with van der Waals surface area (Å²) in [5.41, 5.74) is -0.284. The van der Waals surface area contributed by atoms with E-state index >= 15 is 0 Å². The second-order valence-electron chi connectivity index (χ2n) is 18.7. The van der Waals surface area contributed by atoms with Crippen molar-refractivity contribution in [2.45, 2.75) is 122 Å². The SMILES string of the molecule is COc1ccc(S(=O)(=O)N(CC(C)C)C[C@@H](OC(=O)[C@@H](NC(=O)OC(C)(C)C)C(C)C)[C@H](Cc2ccc(OCP(=O)(Oc3ccccc3)OC(C)C)cc2)NC(=O)O[C@H]2CO[C@H]3OCC[C@H]32)cc1. The van der Waals surface area contributed by atoms with Gasteiger partial charge in [0.1, 0.15) is 41.1 Å². The largest absolute Gasteiger partial charge is 0.497 e. The molecule has 376 valence electrons. The lowest BCUT2D eigenvalue weighted by Crippen LogP contribution is -2.55. The molecule has 2 fully saturated rings. The van der Waals surface area contributed by atoms with Crippen LogP contribution in [0.5, 0.6) is 17.2 Å². The van der Waals surface area contributed by atoms with Gasteiger partial charge in [-0.2, -0.15) is 4.31 Å². The van der Waals surface area contributed by atoms with Gasteiger partial charge in [0.2, 0.25) is 16.4 Å². The van der Waals surface area contributed by atoms with Crippen molar-refractivity contribution in [2.75, 3.05) is 39.8 Å². The number of esters is 1. The van der Waals surface area contributed by atoms with Crippen molar-refractivity contribution >= 4 is 35.8 Å². The fourth-order valence-corrected chi connectivity index (χ4v) is 10.7. The Morgan fingerprint density at radius 2 is 1.50 bits per heavy atom. The van der Waals surface area contributed by atoms with Gasteiger partial charge in [0.25, 0.3) is 0 Å². The van der Waals surface area contributed by atoms with Crippen LogP contribution in [0.25, 0.3) is 0 Å². The lowest BCUT2D eigenvalue weighted by atomic mass is 10.00. The lowest BCUT2D eigenvalue weighted by molar-refractivity contribution is -0.155. The normalized spacial score (nSPS) is 19.4. The fraction of sp³-hybridized carbons (Fsp3) is 0.562. The molecule has 5 rings (SSSR count). The highest BCUT2D eigenvalue weighted by Crippen LogP contribution is 2.49. The van der Waals surface area contributed by atoms with Gasteiger partial charge in [-0.25, -0.2) is 27.4 Å². The summed E-state index contributed by atoms with van der Waals surface area (Å²) >= 11 is 0. The Morgan fingerprint density at radius 1 is 0.838 bits per heavy atom. The molecule has 20 heteroatoms. The molecular formula is C48H68N3O15PS. The molecular weight excluding hydrogens is 922 g/mol. The van der Waals surface area contributed by atoms with Crippen molar-refractivity contribution in [3.8, 4) is 17.2 Å². The number of carbonyl (C=O) groups excluding carboxylic acids is 3. The third kappa shape index (κ3) is 16.1. The fourth-order valence-electron chi connectivity index (χ4n) is 7.49. The maximum atomic E-state index is 14.6. The predicted octanol–water partition coefficient (Wildman–Crippen LogP) is 7.94. The molecule has 1 unspecified atom stereocenters. The van der Waals surface area contributed by atoms with Crippen molar-refractivity contribution in [1.29, 1.82) is 0 Å². The number of fused-ring (bicyclic) bond motifs is 1. The first-order valence-electron chi connectivity index (χ1n) is 22.8. The summed E-state index contributed by atoms with van der Waals surface area (Å²) in [4.78, 5) is 41.4. The quantitative estimate of drug-likeness (QED) is 0.0524. The van der Waals surface area contributed by atoms with Crippen molar-refractivity contribution in [3.63, 3.8) is 0 Å². The van der Waals surface area contributed by atoms with Gasteiger partial charge in [0.15, 0.2) is 6.29 Å². The highest BCUT2D eigenvalue weighted by Gasteiger charge is 2.45. The smallest absolute Gasteiger partial charge is 0.416 e. The van der Waals surface area contributed by atoms with Crippen molar-refractivity contribution in [1.82, 2.24) is 14.9 Å². The van der Waals surface area contributed by atoms with E-state index in [2.05, 4.69) is 10.6 Å². The Balaban J connectivity index is 1.51. The van der Waals surface area contributed by atoms with Crippen LogP contribution in [-0.2, 0) is 54.0 Å². The first-order valence-corrected chi connectivity index (χ1v) is 26.0. The first kappa shape index (κ1) is 54.0. The minimum Gasteiger partial charge on any atom is -0.497 e. The summed E-state index contributed by atoms with van der Waals surface area (Å²) < 4.78 is 95.9. The maximum absolute atomic E-state index is 14.6. The van der Waals surface area contributed by atoms with Crippen LogP contribution in [-0.4, -0.2) is 113 Å². The molecule has 2 heterocycles. The monoisotopic (exact) mass is 989 g/mol. The Bertz CT molecular complexity index is 2260. The predicted molar refractivity (Wildman–Crippen MR) is 252 cm³/mol. The molecule has 2 saturated heterocycles. The number of amides is 2. The number of hydrogen-bond acceptors (Lipinski definition) is 15. The van der Waals surface area contributed by atoms with Gasteiger partial charge >= 0.3 is 25.8 Å². The number of rotatable bonds is 23. The highest BCUT2D eigenvalue weighted by atomic mass is 32.2. The van der Waals surface area contributed by atoms with E-state index in [9.17, 15) is 27.4 Å². The number of para-hydroxylation sites is 1. The van der Waals surface area contributed by atoms with E-state index in [-0.39, 0.29) is 36.3 Å². The number of methoxy groups -OCH3 is 1. The van der Waals surface area contributed by atoms with Crippen LogP contribution in [0.1, 0.15) is 74.3 Å². The summed E-state index contributed by atoms with van der Waals surface area (Å²) in [6, 6.07) is 18.8. The van der Waals surface area contributed by atoms with Gasteiger partial charge < -0.3 is 48.3 Å². The van der Waals surface area contributed by atoms with Crippen molar-refractivity contribution in [2.24, 2.45) is 17.8 Å². The summed E-state index contributed by atoms with van der Waals surface area (Å²) in [5.74, 6) is -0.691. The molecule has 0 radical (unpaired) electrons. The average molecular weight is 990 g/mol. The van der Waals surface area contributed by atoms with Crippen molar-refractivity contribution in [3.05, 3.63) is 84.4 Å². The molecule has 3 aromatic rings. The second-order valence-corrected chi connectivity index (χ2v) is 22.6. The first-order chi connectivity index (χ1) is 32.0. The molecule has 7 atom stereocenters. The Labute approximate surface area is 400 Å². The van der Waals surface area contributed by atoms with Gasteiger partial charge in [-0.05, 0) is 113 Å². The summed E-state index contributed by atoms with van der Waals surface area (Å²) in [6.07, 6.45) is -4.52. The number of ether oxygens (including phenoxy) is 7. The van der Waals surface area contributed by atoms with Crippen LogP contribution in [0.3, 0.4) is 0 Å². The third-order valence-corrected chi connectivity index (χ3v) is 14.2. The number of hydrogen-bond donors (Lipinski definition) is 2. The molecule has 2 aliphatic heterocycles. The van der Waals surface area contributed by atoms with E-state index in [1.807, 2.05) is 13.8 Å². The van der Waals surface area contributed by atoms with E-state index < -0.39 is 96.9 Å². The zero-order valence-corrected chi connectivity index (χ0v) is 42.3. The summed E-state index contributed by atoms with van der Waals surface area (Å²) in [5, 5.41) is 5.51. The van der Waals surface area contributed by atoms with Crippen LogP contribution in [0.2, 0.25) is 0 Å². The molecule has 68 heavy (non-hydrogen) atoms. The molecule has 2 amide bonds. The van der Waals surface area contributed by atoms with Gasteiger partial charge in [0.05, 0.1) is 49.8 Å². The molecule has 0 spiro atoms. The average Bonchev–Trinajstić information content (AvgIpc) is 3.89. The number of nitrogens with zero attached hydrogens (tertiary/aromatic N) is 1. The summed E-state index contributed by atoms with van der Waals surface area (Å²) in [7, 11) is -6.61. The summed E-state index contributed by atoms with van der Waals surface area (Å²) in [6.45, 7) is 15.7. The van der Waals surface area contributed by atoms with Crippen LogP contribution < -0.4 is 24.6 Å². The van der Waals surface area contributed by atoms with E-state index in [4.69, 9.17) is 42.2 Å². The minimum absolute atomic E-state index is 0.00374. The maximum Gasteiger partial charge on any atom is 0.416 e. The number of carbonyl (C=O) groups is 3. The Hall–Kier alpha value is -4.91. The van der Waals surface area contributed by atoms with E-state index in [1.165, 1.54) is 35.7 Å². The number of sulfonamides is 1. The van der Waals surface area contributed by atoms with Crippen LogP contribution >= 0.6 is 7.60 Å². The lowest BCUT2D eigenvalue weighted by Gasteiger charge is -2.34. The zero-order chi connectivity index (χ0) is 49.8. The molecule has 0 aromatic heterocycles. The van der Waals surface area contributed by atoms with Crippen LogP contribution in [0.15, 0.2) is 83.8 Å². The highest BCUT2D eigenvalue weighted by molar-refractivity contribution is 7.89. The Kier molecular flexibility index (Phi) is 19.1. The molecule has 18 nitrogen and oxygen atoms in total. The van der Waals surface area contributed by atoms with Gasteiger partial charge in [-0.1, -0.05) is 58.0 Å². The van der Waals surface area contributed by atoms with Gasteiger partial charge in [-0.3, -0.25) is 4.52 Å². The number of nitrogens with one attached hydrogen (secondary N) is 2. The Morgan fingerprint density at radius 3 is 2.10 bits per heavy atom. The second kappa shape index (κ2) is 24.1.